The van der Waals surface area contributed by atoms with Crippen LogP contribution in [-0.4, -0.2) is 29.4 Å². The predicted octanol–water partition coefficient (Wildman–Crippen LogP) is 2.95. The molecule has 0 fully saturated rings. The second-order valence-corrected chi connectivity index (χ2v) is 5.57. The molecule has 0 unspecified atom stereocenters. The lowest BCUT2D eigenvalue weighted by Crippen LogP contribution is -2.30. The highest BCUT2D eigenvalue weighted by Gasteiger charge is 2.14. The lowest BCUT2D eigenvalue weighted by molar-refractivity contribution is -0.124. The zero-order valence-corrected chi connectivity index (χ0v) is 14.5. The molecule has 0 saturated carbocycles. The molecule has 0 aliphatic rings. The Bertz CT molecular complexity index is 641. The van der Waals surface area contributed by atoms with Crippen molar-refractivity contribution in [3.8, 4) is 11.5 Å². The van der Waals surface area contributed by atoms with E-state index in [0.29, 0.717) is 18.9 Å². The number of unbranched alkanes of at least 4 members (excludes halogenated alkanes) is 1. The van der Waals surface area contributed by atoms with E-state index in [4.69, 9.17) is 9.47 Å². The van der Waals surface area contributed by atoms with Crippen LogP contribution in [0.1, 0.15) is 38.3 Å². The quantitative estimate of drug-likeness (QED) is 0.718. The van der Waals surface area contributed by atoms with Gasteiger partial charge in [-0.05, 0) is 37.1 Å². The first kappa shape index (κ1) is 17.8. The van der Waals surface area contributed by atoms with Crippen LogP contribution in [0.2, 0.25) is 0 Å². The average Bonchev–Trinajstić information content (AvgIpc) is 3.14. The number of rotatable bonds is 9. The summed E-state index contributed by atoms with van der Waals surface area (Å²) in [5.74, 6) is 1.32. The minimum atomic E-state index is -0.349. The molecule has 6 nitrogen and oxygen atoms in total. The number of carbonyl (C=O) groups excluding carboxylic acids is 1. The SMILES string of the molecule is CCCCOc1ccc(CNC(=O)[C@H](C)n2cccn2)cc1OC. The minimum Gasteiger partial charge on any atom is -0.493 e. The second-order valence-electron chi connectivity index (χ2n) is 5.57. The van der Waals surface area contributed by atoms with Crippen molar-refractivity contribution >= 4 is 5.91 Å². The van der Waals surface area contributed by atoms with Gasteiger partial charge in [-0.25, -0.2) is 0 Å². The molecule has 24 heavy (non-hydrogen) atoms. The number of nitrogens with one attached hydrogen (secondary N) is 1. The van der Waals surface area contributed by atoms with Crippen molar-refractivity contribution in [1.29, 1.82) is 0 Å². The van der Waals surface area contributed by atoms with Gasteiger partial charge < -0.3 is 14.8 Å². The number of amides is 1. The van der Waals surface area contributed by atoms with E-state index in [-0.39, 0.29) is 11.9 Å². The minimum absolute atomic E-state index is 0.0825. The summed E-state index contributed by atoms with van der Waals surface area (Å²) in [6.45, 7) is 5.03. The molecule has 1 atom stereocenters. The van der Waals surface area contributed by atoms with Crippen LogP contribution in [0.25, 0.3) is 0 Å². The van der Waals surface area contributed by atoms with Gasteiger partial charge in [-0.1, -0.05) is 19.4 Å². The summed E-state index contributed by atoms with van der Waals surface area (Å²) in [6.07, 6.45) is 5.52. The summed E-state index contributed by atoms with van der Waals surface area (Å²) in [4.78, 5) is 12.2. The monoisotopic (exact) mass is 331 g/mol. The summed E-state index contributed by atoms with van der Waals surface area (Å²) in [5, 5.41) is 7.00. The van der Waals surface area contributed by atoms with Gasteiger partial charge >= 0.3 is 0 Å². The van der Waals surface area contributed by atoms with Crippen molar-refractivity contribution in [2.45, 2.75) is 39.3 Å². The standard InChI is InChI=1S/C18H25N3O3/c1-4-5-11-24-16-8-7-15(12-17(16)23-3)13-19-18(22)14(2)21-10-6-9-20-21/h6-10,12,14H,4-5,11,13H2,1-3H3,(H,19,22)/t14-/m0/s1. The first-order chi connectivity index (χ1) is 11.7. The molecular weight excluding hydrogens is 306 g/mol. The Labute approximate surface area is 142 Å². The Kier molecular flexibility index (Phi) is 6.66. The molecule has 130 valence electrons. The fourth-order valence-electron chi connectivity index (χ4n) is 2.23. The van der Waals surface area contributed by atoms with Crippen LogP contribution in [0.4, 0.5) is 0 Å². The van der Waals surface area contributed by atoms with Gasteiger partial charge in [-0.3, -0.25) is 9.48 Å². The van der Waals surface area contributed by atoms with Crippen molar-refractivity contribution in [1.82, 2.24) is 15.1 Å². The van der Waals surface area contributed by atoms with E-state index in [0.717, 1.165) is 24.2 Å². The van der Waals surface area contributed by atoms with Gasteiger partial charge in [0.15, 0.2) is 11.5 Å². The van der Waals surface area contributed by atoms with Gasteiger partial charge in [0.05, 0.1) is 13.7 Å². The Morgan fingerprint density at radius 2 is 2.21 bits per heavy atom. The highest BCUT2D eigenvalue weighted by atomic mass is 16.5. The van der Waals surface area contributed by atoms with E-state index in [1.807, 2.05) is 25.1 Å². The van der Waals surface area contributed by atoms with Crippen LogP contribution in [0.3, 0.4) is 0 Å². The molecule has 1 N–H and O–H groups in total. The summed E-state index contributed by atoms with van der Waals surface area (Å²) in [5.41, 5.74) is 0.954. The first-order valence-corrected chi connectivity index (χ1v) is 8.22. The maximum Gasteiger partial charge on any atom is 0.244 e. The van der Waals surface area contributed by atoms with Crippen LogP contribution in [0, 0.1) is 0 Å². The van der Waals surface area contributed by atoms with E-state index in [2.05, 4.69) is 17.3 Å². The zero-order chi connectivity index (χ0) is 17.4. The van der Waals surface area contributed by atoms with Crippen LogP contribution in [-0.2, 0) is 11.3 Å². The normalized spacial score (nSPS) is 11.8. The Balaban J connectivity index is 1.93. The molecule has 1 aromatic heterocycles. The van der Waals surface area contributed by atoms with Gasteiger partial charge in [0, 0.05) is 18.9 Å². The van der Waals surface area contributed by atoms with E-state index in [1.54, 1.807) is 30.3 Å². The fourth-order valence-corrected chi connectivity index (χ4v) is 2.23. The molecule has 0 aliphatic carbocycles. The van der Waals surface area contributed by atoms with E-state index in [1.165, 1.54) is 0 Å². The third-order valence-electron chi connectivity index (χ3n) is 3.75. The van der Waals surface area contributed by atoms with Crippen molar-refractivity contribution in [3.05, 3.63) is 42.2 Å². The van der Waals surface area contributed by atoms with Gasteiger partial charge in [0.1, 0.15) is 6.04 Å². The van der Waals surface area contributed by atoms with Crippen molar-refractivity contribution < 1.29 is 14.3 Å². The number of hydrogen-bond donors (Lipinski definition) is 1. The fraction of sp³-hybridized carbons (Fsp3) is 0.444. The summed E-state index contributed by atoms with van der Waals surface area (Å²) in [6, 6.07) is 7.15. The van der Waals surface area contributed by atoms with Crippen LogP contribution in [0.5, 0.6) is 11.5 Å². The molecule has 2 aromatic rings. The number of aromatic nitrogens is 2. The van der Waals surface area contributed by atoms with Gasteiger partial charge in [-0.15, -0.1) is 0 Å². The maximum absolute atomic E-state index is 12.2. The largest absolute Gasteiger partial charge is 0.493 e. The highest BCUT2D eigenvalue weighted by Crippen LogP contribution is 2.28. The van der Waals surface area contributed by atoms with Crippen molar-refractivity contribution in [2.75, 3.05) is 13.7 Å². The number of carbonyl (C=O) groups is 1. The third-order valence-corrected chi connectivity index (χ3v) is 3.75. The van der Waals surface area contributed by atoms with Gasteiger partial charge in [0.25, 0.3) is 0 Å². The summed E-state index contributed by atoms with van der Waals surface area (Å²) >= 11 is 0. The molecule has 0 aliphatic heterocycles. The smallest absolute Gasteiger partial charge is 0.244 e. The van der Waals surface area contributed by atoms with Gasteiger partial charge in [0.2, 0.25) is 5.91 Å². The predicted molar refractivity (Wildman–Crippen MR) is 92.2 cm³/mol. The lowest BCUT2D eigenvalue weighted by Gasteiger charge is -2.14. The topological polar surface area (TPSA) is 65.4 Å². The van der Waals surface area contributed by atoms with E-state index >= 15 is 0 Å². The van der Waals surface area contributed by atoms with Crippen molar-refractivity contribution in [2.24, 2.45) is 0 Å². The Morgan fingerprint density at radius 3 is 2.88 bits per heavy atom. The van der Waals surface area contributed by atoms with Crippen LogP contribution < -0.4 is 14.8 Å². The maximum atomic E-state index is 12.2. The summed E-state index contributed by atoms with van der Waals surface area (Å²) < 4.78 is 12.7. The molecule has 2 rings (SSSR count). The third kappa shape index (κ3) is 4.75. The molecule has 1 amide bonds. The van der Waals surface area contributed by atoms with Crippen molar-refractivity contribution in [3.63, 3.8) is 0 Å². The number of nitrogens with zero attached hydrogens (tertiary/aromatic N) is 2. The molecule has 6 heteroatoms. The second kappa shape index (κ2) is 8.96. The number of benzene rings is 1. The molecule has 1 aromatic carbocycles. The van der Waals surface area contributed by atoms with Crippen LogP contribution in [0.15, 0.2) is 36.7 Å². The highest BCUT2D eigenvalue weighted by molar-refractivity contribution is 5.79. The Morgan fingerprint density at radius 1 is 1.38 bits per heavy atom. The van der Waals surface area contributed by atoms with Crippen LogP contribution >= 0.6 is 0 Å². The summed E-state index contributed by atoms with van der Waals surface area (Å²) in [7, 11) is 1.62. The number of ether oxygens (including phenoxy) is 2. The average molecular weight is 331 g/mol. The molecular formula is C18H25N3O3. The molecule has 1 heterocycles. The molecule has 0 bridgehead atoms. The van der Waals surface area contributed by atoms with Gasteiger partial charge in [-0.2, -0.15) is 5.10 Å². The first-order valence-electron chi connectivity index (χ1n) is 8.22. The lowest BCUT2D eigenvalue weighted by atomic mass is 10.2. The molecule has 0 radical (unpaired) electrons. The zero-order valence-electron chi connectivity index (χ0n) is 14.5. The van der Waals surface area contributed by atoms with E-state index < -0.39 is 0 Å². The molecule has 0 saturated heterocycles. The molecule has 0 spiro atoms. The van der Waals surface area contributed by atoms with E-state index in [9.17, 15) is 4.79 Å². The number of hydrogen-bond acceptors (Lipinski definition) is 4. The Hall–Kier alpha value is -2.50. The number of methoxy groups -OCH3 is 1.